The summed E-state index contributed by atoms with van der Waals surface area (Å²) in [6.07, 6.45) is 5.96. The molecule has 3 heterocycles. The van der Waals surface area contributed by atoms with Crippen LogP contribution >= 0.6 is 0 Å². The van der Waals surface area contributed by atoms with Crippen molar-refractivity contribution in [2.45, 2.75) is 37.3 Å². The number of ether oxygens (including phenoxy) is 2. The molecule has 2 aliphatic rings. The lowest BCUT2D eigenvalue weighted by atomic mass is 9.84. The van der Waals surface area contributed by atoms with Crippen LogP contribution in [-0.4, -0.2) is 30.0 Å². The molecule has 96 valence electrons. The Morgan fingerprint density at radius 1 is 1.33 bits per heavy atom. The molecule has 0 aliphatic carbocycles. The summed E-state index contributed by atoms with van der Waals surface area (Å²) in [6, 6.07) is 6.48. The zero-order valence-electron chi connectivity index (χ0n) is 10.5. The Hall–Kier alpha value is -1.31. The number of nitriles is 1. The van der Waals surface area contributed by atoms with Crippen molar-refractivity contribution in [3.63, 3.8) is 0 Å². The fraction of sp³-hybridized carbons (Fsp3) is 0.643. The molecule has 0 saturated carbocycles. The highest BCUT2D eigenvalue weighted by atomic mass is 16.5. The lowest BCUT2D eigenvalue weighted by Gasteiger charge is -2.43. The summed E-state index contributed by atoms with van der Waals surface area (Å²) in [5.74, 6) is 0. The monoisotopic (exact) mass is 246 g/mol. The maximum atomic E-state index is 9.12. The average Bonchev–Trinajstić information content (AvgIpc) is 2.88. The third-order valence-corrected chi connectivity index (χ3v) is 4.16. The van der Waals surface area contributed by atoms with Gasteiger partial charge in [-0.25, -0.2) is 0 Å². The van der Waals surface area contributed by atoms with Crippen LogP contribution in [0.1, 0.15) is 37.4 Å². The van der Waals surface area contributed by atoms with Crippen LogP contribution in [0, 0.1) is 11.3 Å². The zero-order valence-corrected chi connectivity index (χ0v) is 10.5. The van der Waals surface area contributed by atoms with Crippen molar-refractivity contribution in [1.82, 2.24) is 4.57 Å². The molecule has 1 spiro atoms. The van der Waals surface area contributed by atoms with Crippen molar-refractivity contribution >= 4 is 0 Å². The molecule has 1 unspecified atom stereocenters. The van der Waals surface area contributed by atoms with Gasteiger partial charge in [-0.1, -0.05) is 0 Å². The summed E-state index contributed by atoms with van der Waals surface area (Å²) in [6.45, 7) is 2.38. The standard InChI is InChI=1S/C14H18N2O2/c15-11-13-2-1-6-16(13)12-3-7-18-14(10-12)4-8-17-9-5-14/h1-2,6,12H,3-5,7-10H2. The Bertz CT molecular complexity index is 449. The summed E-state index contributed by atoms with van der Waals surface area (Å²) in [7, 11) is 0. The molecule has 0 N–H and O–H groups in total. The number of hydrogen-bond acceptors (Lipinski definition) is 3. The maximum Gasteiger partial charge on any atom is 0.120 e. The molecule has 3 rings (SSSR count). The molecule has 2 fully saturated rings. The fourth-order valence-electron chi connectivity index (χ4n) is 3.14. The molecular formula is C14H18N2O2. The van der Waals surface area contributed by atoms with Crippen LogP contribution in [-0.2, 0) is 9.47 Å². The number of aromatic nitrogens is 1. The van der Waals surface area contributed by atoms with E-state index in [0.29, 0.717) is 6.04 Å². The third-order valence-electron chi connectivity index (χ3n) is 4.16. The minimum absolute atomic E-state index is 0.0157. The van der Waals surface area contributed by atoms with E-state index in [2.05, 4.69) is 10.6 Å². The smallest absolute Gasteiger partial charge is 0.120 e. The normalized spacial score (nSPS) is 26.9. The highest BCUT2D eigenvalue weighted by molar-refractivity contribution is 5.23. The zero-order chi connectivity index (χ0) is 12.4. The lowest BCUT2D eigenvalue weighted by Crippen LogP contribution is -2.44. The minimum atomic E-state index is -0.0157. The SMILES string of the molecule is N#Cc1cccn1C1CCOC2(CCOCC2)C1. The summed E-state index contributed by atoms with van der Waals surface area (Å²) in [4.78, 5) is 0. The molecule has 18 heavy (non-hydrogen) atoms. The van der Waals surface area contributed by atoms with Crippen molar-refractivity contribution in [2.24, 2.45) is 0 Å². The van der Waals surface area contributed by atoms with Gasteiger partial charge >= 0.3 is 0 Å². The first-order valence-corrected chi connectivity index (χ1v) is 6.62. The first-order chi connectivity index (χ1) is 8.83. The van der Waals surface area contributed by atoms with Crippen molar-refractivity contribution in [3.05, 3.63) is 24.0 Å². The van der Waals surface area contributed by atoms with Gasteiger partial charge in [-0.15, -0.1) is 0 Å². The van der Waals surface area contributed by atoms with Crippen LogP contribution in [0.2, 0.25) is 0 Å². The first-order valence-electron chi connectivity index (χ1n) is 6.62. The van der Waals surface area contributed by atoms with Gasteiger partial charge in [0, 0.05) is 32.1 Å². The van der Waals surface area contributed by atoms with Gasteiger partial charge in [0.15, 0.2) is 0 Å². The lowest BCUT2D eigenvalue weighted by molar-refractivity contribution is -0.144. The predicted octanol–water partition coefficient (Wildman–Crippen LogP) is 2.26. The highest BCUT2D eigenvalue weighted by Crippen LogP contribution is 2.39. The third kappa shape index (κ3) is 2.05. The first kappa shape index (κ1) is 11.8. The van der Waals surface area contributed by atoms with Gasteiger partial charge in [0.1, 0.15) is 11.8 Å². The number of hydrogen-bond donors (Lipinski definition) is 0. The van der Waals surface area contributed by atoms with Crippen LogP contribution in [0.5, 0.6) is 0 Å². The van der Waals surface area contributed by atoms with Gasteiger partial charge in [-0.2, -0.15) is 5.26 Å². The summed E-state index contributed by atoms with van der Waals surface area (Å²) < 4.78 is 13.6. The van der Waals surface area contributed by atoms with Crippen molar-refractivity contribution in [1.29, 1.82) is 5.26 Å². The minimum Gasteiger partial charge on any atom is -0.381 e. The van der Waals surface area contributed by atoms with E-state index in [1.807, 2.05) is 18.3 Å². The van der Waals surface area contributed by atoms with E-state index in [0.717, 1.165) is 51.2 Å². The Labute approximate surface area is 107 Å². The van der Waals surface area contributed by atoms with Crippen molar-refractivity contribution < 1.29 is 9.47 Å². The van der Waals surface area contributed by atoms with Gasteiger partial charge in [-0.05, 0) is 37.8 Å². The van der Waals surface area contributed by atoms with E-state index in [9.17, 15) is 0 Å². The van der Waals surface area contributed by atoms with E-state index < -0.39 is 0 Å². The van der Waals surface area contributed by atoms with E-state index >= 15 is 0 Å². The Kier molecular flexibility index (Phi) is 3.11. The second-order valence-electron chi connectivity index (χ2n) is 5.20. The van der Waals surface area contributed by atoms with E-state index in [1.165, 1.54) is 0 Å². The Morgan fingerprint density at radius 3 is 2.94 bits per heavy atom. The van der Waals surface area contributed by atoms with Gasteiger partial charge < -0.3 is 14.0 Å². The second-order valence-corrected chi connectivity index (χ2v) is 5.20. The average molecular weight is 246 g/mol. The van der Waals surface area contributed by atoms with Crippen molar-refractivity contribution in [2.75, 3.05) is 19.8 Å². The summed E-state index contributed by atoms with van der Waals surface area (Å²) >= 11 is 0. The summed E-state index contributed by atoms with van der Waals surface area (Å²) in [5.41, 5.74) is 0.738. The van der Waals surface area contributed by atoms with Gasteiger partial charge in [0.2, 0.25) is 0 Å². The molecule has 4 nitrogen and oxygen atoms in total. The second kappa shape index (κ2) is 4.75. The molecule has 1 atom stereocenters. The number of nitrogens with zero attached hydrogens (tertiary/aromatic N) is 2. The van der Waals surface area contributed by atoms with Gasteiger partial charge in [0.05, 0.1) is 5.60 Å². The van der Waals surface area contributed by atoms with E-state index in [4.69, 9.17) is 14.7 Å². The molecule has 2 saturated heterocycles. The molecule has 2 aliphatic heterocycles. The number of rotatable bonds is 1. The van der Waals surface area contributed by atoms with Gasteiger partial charge in [-0.3, -0.25) is 0 Å². The van der Waals surface area contributed by atoms with Crippen LogP contribution < -0.4 is 0 Å². The molecule has 1 aromatic heterocycles. The van der Waals surface area contributed by atoms with Crippen LogP contribution in [0.15, 0.2) is 18.3 Å². The Balaban J connectivity index is 1.80. The Morgan fingerprint density at radius 2 is 2.17 bits per heavy atom. The molecule has 1 aromatic rings. The van der Waals surface area contributed by atoms with E-state index in [1.54, 1.807) is 0 Å². The topological polar surface area (TPSA) is 47.2 Å². The maximum absolute atomic E-state index is 9.12. The summed E-state index contributed by atoms with van der Waals surface area (Å²) in [5, 5.41) is 9.12. The van der Waals surface area contributed by atoms with E-state index in [-0.39, 0.29) is 5.60 Å². The molecule has 0 amide bonds. The molecule has 0 aromatic carbocycles. The van der Waals surface area contributed by atoms with Crippen molar-refractivity contribution in [3.8, 4) is 6.07 Å². The van der Waals surface area contributed by atoms with Crippen LogP contribution in [0.3, 0.4) is 0 Å². The predicted molar refractivity (Wildman–Crippen MR) is 66.2 cm³/mol. The highest BCUT2D eigenvalue weighted by Gasteiger charge is 2.39. The molecule has 0 bridgehead atoms. The van der Waals surface area contributed by atoms with Gasteiger partial charge in [0.25, 0.3) is 0 Å². The largest absolute Gasteiger partial charge is 0.381 e. The quantitative estimate of drug-likeness (QED) is 0.763. The van der Waals surface area contributed by atoms with Crippen LogP contribution in [0.25, 0.3) is 0 Å². The molecular weight excluding hydrogens is 228 g/mol. The fourth-order valence-corrected chi connectivity index (χ4v) is 3.14. The molecule has 0 radical (unpaired) electrons. The molecule has 4 heteroatoms. The van der Waals surface area contributed by atoms with Crippen LogP contribution in [0.4, 0.5) is 0 Å².